The van der Waals surface area contributed by atoms with Crippen molar-refractivity contribution in [2.75, 3.05) is 56.6 Å². The normalized spacial score (nSPS) is 17.3. The zero-order chi connectivity index (χ0) is 39.4. The molecule has 16 heteroatoms. The first-order chi connectivity index (χ1) is 26.2. The van der Waals surface area contributed by atoms with Crippen molar-refractivity contribution in [3.8, 4) is 11.8 Å². The lowest BCUT2D eigenvalue weighted by Gasteiger charge is -2.32. The fraction of sp³-hybridized carbons (Fsp3) is 0.308. The number of alkyl halides is 3. The van der Waals surface area contributed by atoms with Gasteiger partial charge >= 0.3 is 18.3 Å². The first-order valence-electron chi connectivity index (χ1n) is 17.3. The summed E-state index contributed by atoms with van der Waals surface area (Å²) in [5, 5.41) is 11.0. The van der Waals surface area contributed by atoms with Crippen LogP contribution in [-0.4, -0.2) is 84.0 Å². The first kappa shape index (κ1) is 40.5. The zero-order valence-electron chi connectivity index (χ0n) is 30.3. The van der Waals surface area contributed by atoms with Gasteiger partial charge in [0.05, 0.1) is 6.61 Å². The summed E-state index contributed by atoms with van der Waals surface area (Å²) in [5.74, 6) is -0.120. The third kappa shape index (κ3) is 13.3. The standard InChI is InChI=1S/C39H41ClF3N7O5/c1-26(40)20-27-8-6-18-53-19-7-17-50(37(52)55-32-16-13-28-9-4-5-10-30(28)21-32)24-38(2,3)23-45-33(51)29-11-14-31(15-12-29)46-35-47-34(44-22-27)48-36(49-35)54-25-39(41,42)43/h4-6,8-16,20-21H,1,7,17-19,22-25H2,2-3H3,(H,45,51)(H2,44,46,47,48,49)/b8-6-,27-20+. The molecule has 0 saturated carbocycles. The molecule has 3 heterocycles. The Kier molecular flexibility index (Phi) is 13.7. The van der Waals surface area contributed by atoms with E-state index in [1.165, 1.54) is 0 Å². The summed E-state index contributed by atoms with van der Waals surface area (Å²) in [5.41, 5.74) is 0.848. The van der Waals surface area contributed by atoms with E-state index in [1.54, 1.807) is 53.5 Å². The van der Waals surface area contributed by atoms with Gasteiger partial charge in [-0.25, -0.2) is 4.79 Å². The predicted octanol–water partition coefficient (Wildman–Crippen LogP) is 8.03. The quantitative estimate of drug-likeness (QED) is 0.187. The molecule has 1 aromatic heterocycles. The van der Waals surface area contributed by atoms with Crippen LogP contribution in [0.15, 0.2) is 102 Å². The molecular formula is C39H41ClF3N7O5. The summed E-state index contributed by atoms with van der Waals surface area (Å²) < 4.78 is 55.3. The highest BCUT2D eigenvalue weighted by Gasteiger charge is 2.30. The van der Waals surface area contributed by atoms with Gasteiger partial charge in [0.25, 0.3) is 5.91 Å². The Bertz CT molecular complexity index is 2040. The van der Waals surface area contributed by atoms with Crippen LogP contribution in [0.25, 0.3) is 10.8 Å². The van der Waals surface area contributed by atoms with Gasteiger partial charge in [-0.1, -0.05) is 74.5 Å². The van der Waals surface area contributed by atoms with Crippen molar-refractivity contribution in [2.24, 2.45) is 5.41 Å². The van der Waals surface area contributed by atoms with Crippen molar-refractivity contribution < 1.29 is 37.0 Å². The second-order valence-corrected chi connectivity index (χ2v) is 13.9. The average molecular weight is 780 g/mol. The van der Waals surface area contributed by atoms with E-state index >= 15 is 0 Å². The summed E-state index contributed by atoms with van der Waals surface area (Å²) in [6.07, 6.45) is 0.439. The molecule has 3 N–H and O–H groups in total. The van der Waals surface area contributed by atoms with Crippen LogP contribution in [0.3, 0.4) is 0 Å². The van der Waals surface area contributed by atoms with Gasteiger partial charge in [0, 0.05) is 49.1 Å². The number of hydrogen-bond acceptors (Lipinski definition) is 10. The molecule has 6 rings (SSSR count). The number of rotatable bonds is 4. The lowest BCUT2D eigenvalue weighted by molar-refractivity contribution is -0.154. The van der Waals surface area contributed by atoms with Crippen LogP contribution < -0.4 is 25.4 Å². The molecule has 0 aliphatic carbocycles. The highest BCUT2D eigenvalue weighted by atomic mass is 35.5. The molecule has 55 heavy (non-hydrogen) atoms. The largest absolute Gasteiger partial charge is 0.454 e. The number of hydrogen-bond donors (Lipinski definition) is 3. The third-order valence-corrected chi connectivity index (χ3v) is 8.08. The smallest absolute Gasteiger partial charge is 0.422 e. The Hall–Kier alpha value is -5.67. The van der Waals surface area contributed by atoms with E-state index in [9.17, 15) is 22.8 Å². The molecule has 4 aromatic rings. The van der Waals surface area contributed by atoms with Gasteiger partial charge in [-0.15, -0.1) is 0 Å². The van der Waals surface area contributed by atoms with Crippen LogP contribution in [0.1, 0.15) is 30.6 Å². The summed E-state index contributed by atoms with van der Waals surface area (Å²) in [4.78, 5) is 40.6. The number of nitrogens with zero attached hydrogens (tertiary/aromatic N) is 4. The third-order valence-electron chi connectivity index (χ3n) is 7.97. The Morgan fingerprint density at radius 1 is 1.04 bits per heavy atom. The number of carbonyl (C=O) groups excluding carboxylic acids is 2. The molecule has 0 saturated heterocycles. The van der Waals surface area contributed by atoms with Crippen molar-refractivity contribution >= 4 is 52.0 Å². The molecule has 4 bridgehead atoms. The number of amides is 2. The molecule has 2 aliphatic rings. The molecule has 0 atom stereocenters. The number of anilines is 3. The summed E-state index contributed by atoms with van der Waals surface area (Å²) in [6, 6.07) is 19.0. The maximum atomic E-state index is 13.6. The monoisotopic (exact) mass is 779 g/mol. The molecular weight excluding hydrogens is 739 g/mol. The number of carbonyl (C=O) groups is 2. The van der Waals surface area contributed by atoms with Crippen LogP contribution in [0.5, 0.6) is 11.8 Å². The Morgan fingerprint density at radius 2 is 1.78 bits per heavy atom. The number of ether oxygens (including phenoxy) is 3. The highest BCUT2D eigenvalue weighted by Crippen LogP contribution is 2.24. The molecule has 2 aliphatic heterocycles. The van der Waals surface area contributed by atoms with Crippen LogP contribution in [0.2, 0.25) is 0 Å². The summed E-state index contributed by atoms with van der Waals surface area (Å²) in [7, 11) is 0. The number of nitrogens with one attached hydrogen (secondary N) is 3. The van der Waals surface area contributed by atoms with Crippen molar-refractivity contribution in [1.82, 2.24) is 25.2 Å². The minimum absolute atomic E-state index is 0.0813. The minimum Gasteiger partial charge on any atom is -0.454 e. The van der Waals surface area contributed by atoms with E-state index in [1.807, 2.05) is 50.2 Å². The van der Waals surface area contributed by atoms with Crippen molar-refractivity contribution in [2.45, 2.75) is 26.4 Å². The first-order valence-corrected chi connectivity index (χ1v) is 17.7. The van der Waals surface area contributed by atoms with E-state index in [-0.39, 0.29) is 49.1 Å². The number of halogens is 4. The van der Waals surface area contributed by atoms with E-state index in [2.05, 4.69) is 37.5 Å². The van der Waals surface area contributed by atoms with Gasteiger partial charge in [0.1, 0.15) is 5.75 Å². The van der Waals surface area contributed by atoms with Crippen LogP contribution in [-0.2, 0) is 4.74 Å². The van der Waals surface area contributed by atoms with Gasteiger partial charge in [-0.3, -0.25) is 4.79 Å². The number of aromatic nitrogens is 3. The topological polar surface area (TPSA) is 140 Å². The number of fused-ring (bicyclic) bond motifs is 17. The van der Waals surface area contributed by atoms with Gasteiger partial charge < -0.3 is 35.1 Å². The summed E-state index contributed by atoms with van der Waals surface area (Å²) >= 11 is 6.06. The Balaban J connectivity index is 1.36. The molecule has 0 spiro atoms. The van der Waals surface area contributed by atoms with Crippen molar-refractivity contribution in [3.05, 3.63) is 108 Å². The molecule has 290 valence electrons. The number of benzene rings is 3. The second kappa shape index (κ2) is 18.6. The van der Waals surface area contributed by atoms with Crippen LogP contribution in [0.4, 0.5) is 35.5 Å². The lowest BCUT2D eigenvalue weighted by atomic mass is 9.92. The molecule has 0 unspecified atom stereocenters. The van der Waals surface area contributed by atoms with Crippen molar-refractivity contribution in [3.63, 3.8) is 0 Å². The SMILES string of the molecule is C=C(Cl)/C=C1\C=C/COCCCN(C(=O)Oc2ccc3ccccc3c2)CC(C)(C)CNC(=O)c2ccc(cc2)Nc2nc(nc(OCC(F)(F)F)n2)NC1. The fourth-order valence-electron chi connectivity index (χ4n) is 5.41. The van der Waals surface area contributed by atoms with E-state index in [0.717, 1.165) is 10.8 Å². The maximum absolute atomic E-state index is 13.6. The Morgan fingerprint density at radius 3 is 2.53 bits per heavy atom. The van der Waals surface area contributed by atoms with Gasteiger partial charge in [0.15, 0.2) is 6.61 Å². The lowest BCUT2D eigenvalue weighted by Crippen LogP contribution is -2.45. The predicted molar refractivity (Wildman–Crippen MR) is 205 cm³/mol. The van der Waals surface area contributed by atoms with E-state index < -0.39 is 30.3 Å². The van der Waals surface area contributed by atoms with Crippen molar-refractivity contribution in [1.29, 1.82) is 0 Å². The Labute approximate surface area is 321 Å². The zero-order valence-corrected chi connectivity index (χ0v) is 31.0. The molecule has 0 fully saturated rings. The minimum atomic E-state index is -4.62. The highest BCUT2D eigenvalue weighted by molar-refractivity contribution is 6.30. The fourth-order valence-corrected chi connectivity index (χ4v) is 5.55. The molecule has 3 aromatic carbocycles. The average Bonchev–Trinajstić information content (AvgIpc) is 3.13. The van der Waals surface area contributed by atoms with E-state index in [0.29, 0.717) is 42.1 Å². The summed E-state index contributed by atoms with van der Waals surface area (Å²) in [6.45, 7) is 7.44. The van der Waals surface area contributed by atoms with Crippen LogP contribution in [0, 0.1) is 5.41 Å². The van der Waals surface area contributed by atoms with Gasteiger partial charge in [-0.2, -0.15) is 28.1 Å². The number of allylic oxidation sites excluding steroid dienone is 2. The van der Waals surface area contributed by atoms with Crippen LogP contribution >= 0.6 is 11.6 Å². The molecule has 0 radical (unpaired) electrons. The second-order valence-electron chi connectivity index (χ2n) is 13.4. The molecule has 12 nitrogen and oxygen atoms in total. The maximum Gasteiger partial charge on any atom is 0.422 e. The van der Waals surface area contributed by atoms with E-state index in [4.69, 9.17) is 25.8 Å². The van der Waals surface area contributed by atoms with Gasteiger partial charge in [0.2, 0.25) is 11.9 Å². The molecule has 2 amide bonds. The van der Waals surface area contributed by atoms with Gasteiger partial charge in [-0.05, 0) is 70.7 Å².